The first-order chi connectivity index (χ1) is 15.9. The van der Waals surface area contributed by atoms with E-state index in [4.69, 9.17) is 16.3 Å². The van der Waals surface area contributed by atoms with Crippen LogP contribution in [-0.4, -0.2) is 39.2 Å². The lowest BCUT2D eigenvalue weighted by Crippen LogP contribution is -2.29. The molecule has 164 valence electrons. The zero-order valence-electron chi connectivity index (χ0n) is 17.7. The molecule has 0 radical (unpaired) electrons. The van der Waals surface area contributed by atoms with Crippen molar-refractivity contribution in [3.05, 3.63) is 82.1 Å². The first-order valence-corrected chi connectivity index (χ1v) is 10.6. The lowest BCUT2D eigenvalue weighted by atomic mass is 10.1. The van der Waals surface area contributed by atoms with E-state index in [2.05, 4.69) is 10.1 Å². The van der Waals surface area contributed by atoms with Gasteiger partial charge in [0.2, 0.25) is 0 Å². The zero-order chi connectivity index (χ0) is 23.3. The maximum atomic E-state index is 13.4. The number of pyridine rings is 1. The second kappa shape index (κ2) is 7.83. The summed E-state index contributed by atoms with van der Waals surface area (Å²) in [6.45, 7) is 3.74. The molecule has 2 aromatic carbocycles. The van der Waals surface area contributed by atoms with Crippen LogP contribution in [0.2, 0.25) is 5.02 Å². The van der Waals surface area contributed by atoms with Crippen molar-refractivity contribution in [2.24, 2.45) is 0 Å². The van der Waals surface area contributed by atoms with Crippen molar-refractivity contribution in [1.82, 2.24) is 14.8 Å². The molecule has 8 nitrogen and oxygen atoms in total. The third-order valence-corrected chi connectivity index (χ3v) is 5.68. The average Bonchev–Trinajstić information content (AvgIpc) is 3.28. The number of hydrogen-bond donors (Lipinski definition) is 0. The molecule has 0 saturated carbocycles. The summed E-state index contributed by atoms with van der Waals surface area (Å²) in [6.07, 6.45) is 1.40. The van der Waals surface area contributed by atoms with Crippen LogP contribution in [0.3, 0.4) is 0 Å². The number of ether oxygens (including phenoxy) is 1. The summed E-state index contributed by atoms with van der Waals surface area (Å²) in [5.41, 5.74) is 2.93. The Morgan fingerprint density at radius 3 is 2.33 bits per heavy atom. The van der Waals surface area contributed by atoms with E-state index in [-0.39, 0.29) is 17.7 Å². The van der Waals surface area contributed by atoms with Gasteiger partial charge >= 0.3 is 5.97 Å². The number of carbonyl (C=O) groups excluding carboxylic acids is 3. The number of benzene rings is 2. The van der Waals surface area contributed by atoms with Crippen LogP contribution in [0.1, 0.15) is 43.7 Å². The maximum Gasteiger partial charge on any atom is 0.338 e. The van der Waals surface area contributed by atoms with Gasteiger partial charge in [-0.05, 0) is 62.4 Å². The minimum absolute atomic E-state index is 0.209. The molecule has 1 aliphatic rings. The van der Waals surface area contributed by atoms with Gasteiger partial charge in [-0.1, -0.05) is 11.6 Å². The van der Waals surface area contributed by atoms with E-state index in [1.807, 2.05) is 0 Å². The Labute approximate surface area is 193 Å². The van der Waals surface area contributed by atoms with Gasteiger partial charge in [-0.15, -0.1) is 0 Å². The van der Waals surface area contributed by atoms with Gasteiger partial charge in [-0.2, -0.15) is 5.10 Å². The molecule has 9 heteroatoms. The van der Waals surface area contributed by atoms with Gasteiger partial charge in [0.1, 0.15) is 0 Å². The largest absolute Gasteiger partial charge is 0.462 e. The molecule has 0 N–H and O–H groups in total. The Morgan fingerprint density at radius 2 is 1.67 bits per heavy atom. The predicted molar refractivity (Wildman–Crippen MR) is 122 cm³/mol. The van der Waals surface area contributed by atoms with Crippen LogP contribution in [-0.2, 0) is 4.74 Å². The summed E-state index contributed by atoms with van der Waals surface area (Å²) in [5, 5.41) is 5.66. The maximum absolute atomic E-state index is 13.4. The number of hydrogen-bond acceptors (Lipinski definition) is 6. The molecule has 1 aliphatic heterocycles. The van der Waals surface area contributed by atoms with E-state index < -0.39 is 17.8 Å². The summed E-state index contributed by atoms with van der Waals surface area (Å²) in [7, 11) is 0. The van der Waals surface area contributed by atoms with E-state index in [0.29, 0.717) is 33.0 Å². The van der Waals surface area contributed by atoms with Crippen LogP contribution < -0.4 is 4.90 Å². The number of halogens is 1. The predicted octanol–water partition coefficient (Wildman–Crippen LogP) is 4.36. The first-order valence-electron chi connectivity index (χ1n) is 10.2. The smallest absolute Gasteiger partial charge is 0.338 e. The van der Waals surface area contributed by atoms with Crippen LogP contribution in [0.25, 0.3) is 16.7 Å². The highest BCUT2D eigenvalue weighted by atomic mass is 35.5. The Balaban J connectivity index is 1.58. The molecular weight excluding hydrogens is 444 g/mol. The fourth-order valence-electron chi connectivity index (χ4n) is 3.92. The van der Waals surface area contributed by atoms with Crippen molar-refractivity contribution < 1.29 is 19.1 Å². The zero-order valence-corrected chi connectivity index (χ0v) is 18.5. The van der Waals surface area contributed by atoms with Crippen molar-refractivity contribution >= 4 is 46.1 Å². The summed E-state index contributed by atoms with van der Waals surface area (Å²) < 4.78 is 6.60. The second-order valence-corrected chi connectivity index (χ2v) is 7.87. The van der Waals surface area contributed by atoms with E-state index in [9.17, 15) is 14.4 Å². The fraction of sp³-hybridized carbons (Fsp3) is 0.125. The third-order valence-electron chi connectivity index (χ3n) is 5.43. The molecule has 0 atom stereocenters. The topological polar surface area (TPSA) is 94.4 Å². The fourth-order valence-corrected chi connectivity index (χ4v) is 4.04. The van der Waals surface area contributed by atoms with Crippen LogP contribution in [0.4, 0.5) is 5.69 Å². The molecule has 0 aliphatic carbocycles. The van der Waals surface area contributed by atoms with E-state index in [1.165, 1.54) is 18.3 Å². The number of carbonyl (C=O) groups is 3. The Morgan fingerprint density at radius 1 is 1.00 bits per heavy atom. The molecular formula is C24H17ClN4O4. The van der Waals surface area contributed by atoms with Crippen LogP contribution in [0, 0.1) is 6.92 Å². The number of fused-ring (bicyclic) bond motifs is 3. The van der Waals surface area contributed by atoms with E-state index in [0.717, 1.165) is 10.6 Å². The van der Waals surface area contributed by atoms with Gasteiger partial charge in [0, 0.05) is 11.2 Å². The Kier molecular flexibility index (Phi) is 4.94. The number of anilines is 1. The number of aromatic nitrogens is 3. The summed E-state index contributed by atoms with van der Waals surface area (Å²) in [4.78, 5) is 44.0. The summed E-state index contributed by atoms with van der Waals surface area (Å²) in [6, 6.07) is 13.2. The molecule has 2 aromatic heterocycles. The third kappa shape index (κ3) is 3.27. The number of aryl methyl sites for hydroxylation is 1. The molecule has 0 unspecified atom stereocenters. The number of imide groups is 1. The van der Waals surface area contributed by atoms with Crippen LogP contribution in [0.15, 0.2) is 54.7 Å². The van der Waals surface area contributed by atoms with Gasteiger partial charge in [0.05, 0.1) is 45.8 Å². The average molecular weight is 461 g/mol. The second-order valence-electron chi connectivity index (χ2n) is 7.43. The highest BCUT2D eigenvalue weighted by molar-refractivity contribution is 6.37. The monoisotopic (exact) mass is 460 g/mol. The van der Waals surface area contributed by atoms with Gasteiger partial charge < -0.3 is 4.74 Å². The van der Waals surface area contributed by atoms with Crippen molar-refractivity contribution in [2.75, 3.05) is 11.5 Å². The van der Waals surface area contributed by atoms with Gasteiger partial charge in [0.15, 0.2) is 5.65 Å². The Hall–Kier alpha value is -4.04. The van der Waals surface area contributed by atoms with E-state index in [1.54, 1.807) is 54.9 Å². The highest BCUT2D eigenvalue weighted by Gasteiger charge is 2.40. The molecule has 2 amide bonds. The minimum atomic E-state index is -0.480. The van der Waals surface area contributed by atoms with Crippen molar-refractivity contribution in [3.8, 4) is 5.69 Å². The van der Waals surface area contributed by atoms with Crippen LogP contribution >= 0.6 is 11.6 Å². The van der Waals surface area contributed by atoms with E-state index >= 15 is 0 Å². The normalized spacial score (nSPS) is 13.0. The first kappa shape index (κ1) is 20.8. The number of rotatable bonds is 4. The molecule has 4 aromatic rings. The highest BCUT2D eigenvalue weighted by Crippen LogP contribution is 2.34. The number of nitrogens with zero attached hydrogens (tertiary/aromatic N) is 4. The molecule has 3 heterocycles. The van der Waals surface area contributed by atoms with Gasteiger partial charge in [0.25, 0.3) is 11.8 Å². The lowest BCUT2D eigenvalue weighted by Gasteiger charge is -2.14. The molecule has 0 spiro atoms. The van der Waals surface area contributed by atoms with Crippen molar-refractivity contribution in [1.29, 1.82) is 0 Å². The molecule has 5 rings (SSSR count). The standard InChI is InChI=1S/C24H17ClN4O4/c1-3-33-24(32)14-4-8-16(9-5-14)28-22(30)18-12-26-21-19(20(18)23(28)31)13(2)27-29(21)17-10-6-15(25)7-11-17/h4-12H,3H2,1-2H3. The Bertz CT molecular complexity index is 1440. The van der Waals surface area contributed by atoms with Crippen LogP contribution in [0.5, 0.6) is 0 Å². The summed E-state index contributed by atoms with van der Waals surface area (Å²) in [5.74, 6) is -1.42. The number of esters is 1. The lowest BCUT2D eigenvalue weighted by molar-refractivity contribution is 0.0526. The SMILES string of the molecule is CCOC(=O)c1ccc(N2C(=O)c3cnc4c(c(C)nn4-c4ccc(Cl)cc4)c3C2=O)cc1. The minimum Gasteiger partial charge on any atom is -0.462 e. The quantitative estimate of drug-likeness (QED) is 0.332. The van der Waals surface area contributed by atoms with Crippen molar-refractivity contribution in [3.63, 3.8) is 0 Å². The summed E-state index contributed by atoms with van der Waals surface area (Å²) >= 11 is 5.99. The van der Waals surface area contributed by atoms with Gasteiger partial charge in [-0.25, -0.2) is 19.4 Å². The molecule has 33 heavy (non-hydrogen) atoms. The molecule has 0 fully saturated rings. The van der Waals surface area contributed by atoms with Crippen molar-refractivity contribution in [2.45, 2.75) is 13.8 Å². The molecule has 0 saturated heterocycles. The molecule has 0 bridgehead atoms. The van der Waals surface area contributed by atoms with Gasteiger partial charge in [-0.3, -0.25) is 9.59 Å². The number of amides is 2.